The summed E-state index contributed by atoms with van der Waals surface area (Å²) >= 11 is 1.25. The summed E-state index contributed by atoms with van der Waals surface area (Å²) in [5.41, 5.74) is 2.49. The van der Waals surface area contributed by atoms with E-state index in [4.69, 9.17) is 14.2 Å². The van der Waals surface area contributed by atoms with Crippen molar-refractivity contribution in [2.45, 2.75) is 13.0 Å². The fraction of sp³-hybridized carbons (Fsp3) is 0.179. The maximum absolute atomic E-state index is 13.5. The highest BCUT2D eigenvalue weighted by Crippen LogP contribution is 2.47. The lowest BCUT2D eigenvalue weighted by Crippen LogP contribution is -2.29. The van der Waals surface area contributed by atoms with Crippen LogP contribution in [0, 0.1) is 6.92 Å². The Balaban J connectivity index is 1.77. The van der Waals surface area contributed by atoms with Gasteiger partial charge in [-0.1, -0.05) is 41.2 Å². The van der Waals surface area contributed by atoms with Crippen LogP contribution in [-0.2, 0) is 9.59 Å². The van der Waals surface area contributed by atoms with Crippen LogP contribution in [0.15, 0.2) is 66.2 Å². The first kappa shape index (κ1) is 24.3. The molecule has 188 valence electrons. The predicted molar refractivity (Wildman–Crippen MR) is 142 cm³/mol. The maximum Gasteiger partial charge on any atom is 0.301 e. The molecule has 1 amide bonds. The summed E-state index contributed by atoms with van der Waals surface area (Å²) in [6, 6.07) is 16.6. The Bertz CT molecular complexity index is 1560. The number of aliphatic hydroxyl groups excluding tert-OH is 1. The van der Waals surface area contributed by atoms with Gasteiger partial charge in [0.25, 0.3) is 5.78 Å². The van der Waals surface area contributed by atoms with Crippen molar-refractivity contribution in [3.05, 3.63) is 82.9 Å². The van der Waals surface area contributed by atoms with Crippen LogP contribution in [0.5, 0.6) is 17.2 Å². The molecule has 0 radical (unpaired) electrons. The van der Waals surface area contributed by atoms with E-state index < -0.39 is 17.7 Å². The van der Waals surface area contributed by atoms with Crippen LogP contribution in [0.3, 0.4) is 0 Å². The summed E-state index contributed by atoms with van der Waals surface area (Å²) in [6.07, 6.45) is 0. The van der Waals surface area contributed by atoms with Crippen LogP contribution in [-0.4, -0.2) is 43.1 Å². The number of ketones is 1. The number of ether oxygens (including phenoxy) is 3. The first-order valence-corrected chi connectivity index (χ1v) is 12.2. The van der Waals surface area contributed by atoms with Gasteiger partial charge in [-0.25, -0.2) is 4.98 Å². The third-order valence-electron chi connectivity index (χ3n) is 6.29. The Morgan fingerprint density at radius 3 is 2.27 bits per heavy atom. The zero-order valence-corrected chi connectivity index (χ0v) is 21.5. The molecule has 1 aliphatic rings. The molecule has 1 atom stereocenters. The summed E-state index contributed by atoms with van der Waals surface area (Å²) in [5.74, 6) is -0.311. The Morgan fingerprint density at radius 2 is 1.59 bits per heavy atom. The van der Waals surface area contributed by atoms with E-state index in [1.807, 2.05) is 25.1 Å². The van der Waals surface area contributed by atoms with Gasteiger partial charge in [0.15, 0.2) is 5.13 Å². The summed E-state index contributed by atoms with van der Waals surface area (Å²) in [5, 5.41) is 11.7. The van der Waals surface area contributed by atoms with E-state index in [0.717, 1.165) is 10.3 Å². The largest absolute Gasteiger partial charge is 0.507 e. The van der Waals surface area contributed by atoms with Crippen molar-refractivity contribution >= 4 is 44.1 Å². The molecule has 1 saturated heterocycles. The van der Waals surface area contributed by atoms with Crippen molar-refractivity contribution in [1.29, 1.82) is 0 Å². The van der Waals surface area contributed by atoms with Crippen LogP contribution in [0.4, 0.5) is 5.13 Å². The first-order valence-electron chi connectivity index (χ1n) is 11.4. The van der Waals surface area contributed by atoms with Crippen LogP contribution in [0.25, 0.3) is 16.0 Å². The fourth-order valence-corrected chi connectivity index (χ4v) is 5.39. The topological polar surface area (TPSA) is 98.2 Å². The van der Waals surface area contributed by atoms with E-state index >= 15 is 0 Å². The smallest absolute Gasteiger partial charge is 0.301 e. The molecule has 1 unspecified atom stereocenters. The van der Waals surface area contributed by atoms with Crippen molar-refractivity contribution in [3.8, 4) is 17.2 Å². The fourth-order valence-electron chi connectivity index (χ4n) is 4.37. The molecule has 0 bridgehead atoms. The second-order valence-electron chi connectivity index (χ2n) is 8.47. The number of aryl methyl sites for hydroxylation is 1. The number of nitrogens with zero attached hydrogens (tertiary/aromatic N) is 2. The van der Waals surface area contributed by atoms with Crippen molar-refractivity contribution < 1.29 is 28.9 Å². The molecule has 9 heteroatoms. The molecule has 8 nitrogen and oxygen atoms in total. The van der Waals surface area contributed by atoms with Gasteiger partial charge in [0, 0.05) is 11.1 Å². The highest BCUT2D eigenvalue weighted by Gasteiger charge is 2.49. The molecule has 1 fully saturated rings. The van der Waals surface area contributed by atoms with Gasteiger partial charge < -0.3 is 19.3 Å². The Morgan fingerprint density at radius 1 is 0.919 bits per heavy atom. The Labute approximate surface area is 217 Å². The van der Waals surface area contributed by atoms with Crippen molar-refractivity contribution in [2.75, 3.05) is 26.2 Å². The highest BCUT2D eigenvalue weighted by molar-refractivity contribution is 7.22. The number of anilines is 1. The normalized spacial score (nSPS) is 16.9. The molecule has 1 N–H and O–H groups in total. The molecule has 5 rings (SSSR count). The first-order chi connectivity index (χ1) is 17.9. The van der Waals surface area contributed by atoms with Crippen LogP contribution in [0.2, 0.25) is 0 Å². The lowest BCUT2D eigenvalue weighted by molar-refractivity contribution is -0.132. The number of carbonyl (C=O) groups is 2. The van der Waals surface area contributed by atoms with Crippen molar-refractivity contribution in [2.24, 2.45) is 0 Å². The second-order valence-corrected chi connectivity index (χ2v) is 9.48. The third-order valence-corrected chi connectivity index (χ3v) is 7.31. The molecule has 0 saturated carbocycles. The average Bonchev–Trinajstić information content (AvgIpc) is 3.45. The minimum atomic E-state index is -1.01. The number of hydrogen-bond acceptors (Lipinski definition) is 8. The minimum absolute atomic E-state index is 0.0581. The predicted octanol–water partition coefficient (Wildman–Crippen LogP) is 5.26. The number of aliphatic hydroxyl groups is 1. The van der Waals surface area contributed by atoms with Gasteiger partial charge in [0.1, 0.15) is 29.0 Å². The molecule has 2 heterocycles. The lowest BCUT2D eigenvalue weighted by atomic mass is 9.94. The molecular weight excluding hydrogens is 492 g/mol. The number of benzene rings is 3. The number of rotatable bonds is 6. The van der Waals surface area contributed by atoms with Crippen molar-refractivity contribution in [1.82, 2.24) is 4.98 Å². The zero-order chi connectivity index (χ0) is 26.3. The van der Waals surface area contributed by atoms with Gasteiger partial charge >= 0.3 is 5.91 Å². The standard InChI is InChI=1S/C28H24N2O6S/c1-15-5-7-16(8-6-15)25(31)23-24(19-13-17(34-2)10-12-21(19)36-4)30(27(33)26(23)32)28-29-20-11-9-18(35-3)14-22(20)37-28/h5-14,24,31H,1-4H3. The number of hydrogen-bond donors (Lipinski definition) is 1. The highest BCUT2D eigenvalue weighted by atomic mass is 32.1. The second kappa shape index (κ2) is 9.59. The van der Waals surface area contributed by atoms with Crippen LogP contribution >= 0.6 is 11.3 Å². The minimum Gasteiger partial charge on any atom is -0.507 e. The molecule has 4 aromatic rings. The number of thiazole rings is 1. The van der Waals surface area contributed by atoms with E-state index in [0.29, 0.717) is 39.0 Å². The molecule has 37 heavy (non-hydrogen) atoms. The van der Waals surface area contributed by atoms with E-state index in [9.17, 15) is 14.7 Å². The van der Waals surface area contributed by atoms with Gasteiger partial charge in [0.05, 0.1) is 37.1 Å². The van der Waals surface area contributed by atoms with E-state index in [1.165, 1.54) is 30.5 Å². The van der Waals surface area contributed by atoms with E-state index in [2.05, 4.69) is 4.98 Å². The number of fused-ring (bicyclic) bond motifs is 1. The quantitative estimate of drug-likeness (QED) is 0.212. The SMILES string of the molecule is COc1ccc(OC)c(C2C(=C(O)c3ccc(C)cc3)C(=O)C(=O)N2c2nc3ccc(OC)cc3s2)c1. The zero-order valence-electron chi connectivity index (χ0n) is 20.6. The van der Waals surface area contributed by atoms with Gasteiger partial charge in [-0.3, -0.25) is 14.5 Å². The van der Waals surface area contributed by atoms with Gasteiger partial charge in [-0.05, 0) is 43.3 Å². The van der Waals surface area contributed by atoms with Gasteiger partial charge in [0.2, 0.25) is 0 Å². The maximum atomic E-state index is 13.5. The van der Waals surface area contributed by atoms with E-state index in [-0.39, 0.29) is 11.3 Å². The summed E-state index contributed by atoms with van der Waals surface area (Å²) in [4.78, 5) is 33.0. The summed E-state index contributed by atoms with van der Waals surface area (Å²) in [7, 11) is 4.60. The third kappa shape index (κ3) is 4.17. The summed E-state index contributed by atoms with van der Waals surface area (Å²) in [6.45, 7) is 1.92. The monoisotopic (exact) mass is 516 g/mol. The molecule has 1 aromatic heterocycles. The number of methoxy groups -OCH3 is 3. The number of carbonyl (C=O) groups excluding carboxylic acids is 2. The number of aromatic nitrogens is 1. The van der Waals surface area contributed by atoms with E-state index in [1.54, 1.807) is 49.6 Å². The molecule has 0 spiro atoms. The molecule has 0 aliphatic carbocycles. The van der Waals surface area contributed by atoms with Crippen molar-refractivity contribution in [3.63, 3.8) is 0 Å². The average molecular weight is 517 g/mol. The van der Waals surface area contributed by atoms with Crippen LogP contribution < -0.4 is 19.1 Å². The molecular formula is C28H24N2O6S. The van der Waals surface area contributed by atoms with Gasteiger partial charge in [-0.15, -0.1) is 0 Å². The summed E-state index contributed by atoms with van der Waals surface area (Å²) < 4.78 is 17.1. The van der Waals surface area contributed by atoms with Gasteiger partial charge in [-0.2, -0.15) is 0 Å². The Hall–Kier alpha value is -4.37. The lowest BCUT2D eigenvalue weighted by Gasteiger charge is -2.25. The molecule has 1 aliphatic heterocycles. The number of amides is 1. The Kier molecular flexibility index (Phi) is 6.31. The number of Topliss-reactive ketones (excluding diaryl/α,β-unsaturated/α-hetero) is 1. The van der Waals surface area contributed by atoms with Crippen LogP contribution in [0.1, 0.15) is 22.7 Å². The molecule has 3 aromatic carbocycles.